The van der Waals surface area contributed by atoms with Crippen LogP contribution in [0.25, 0.3) is 0 Å². The van der Waals surface area contributed by atoms with Crippen LogP contribution in [0.2, 0.25) is 0 Å². The van der Waals surface area contributed by atoms with Gasteiger partial charge < -0.3 is 4.74 Å². The Balaban J connectivity index is 4.42. The molecular weight excluding hydrogens is 198 g/mol. The van der Waals surface area contributed by atoms with Crippen molar-refractivity contribution < 1.29 is 19.1 Å². The molecule has 0 aromatic heterocycles. The molecule has 0 saturated carbocycles. The highest BCUT2D eigenvalue weighted by Gasteiger charge is 2.21. The SMILES string of the molecule is COC(=O)CC(=O)N(CC(C)C)C(C)=O. The first kappa shape index (κ1) is 13.6. The molecule has 15 heavy (non-hydrogen) atoms. The van der Waals surface area contributed by atoms with Crippen LogP contribution in [0.5, 0.6) is 0 Å². The molecular formula is C10H17NO4. The summed E-state index contributed by atoms with van der Waals surface area (Å²) in [5.74, 6) is -1.31. The van der Waals surface area contributed by atoms with Gasteiger partial charge in [0.05, 0.1) is 7.11 Å². The number of amides is 2. The first-order chi connectivity index (χ1) is 6.88. The molecule has 0 unspecified atom stereocenters. The Bertz CT molecular complexity index is 260. The predicted octanol–water partition coefficient (Wildman–Crippen LogP) is 0.581. The van der Waals surface area contributed by atoms with Gasteiger partial charge in [0.2, 0.25) is 11.8 Å². The summed E-state index contributed by atoms with van der Waals surface area (Å²) in [5.41, 5.74) is 0. The van der Waals surface area contributed by atoms with E-state index in [0.29, 0.717) is 6.54 Å². The molecule has 0 spiro atoms. The highest BCUT2D eigenvalue weighted by Crippen LogP contribution is 2.02. The number of carbonyl (C=O) groups is 3. The average Bonchev–Trinajstić information content (AvgIpc) is 2.12. The molecule has 0 aliphatic heterocycles. The Hall–Kier alpha value is -1.39. The highest BCUT2D eigenvalue weighted by atomic mass is 16.5. The molecule has 5 nitrogen and oxygen atoms in total. The van der Waals surface area contributed by atoms with Gasteiger partial charge in [-0.25, -0.2) is 0 Å². The van der Waals surface area contributed by atoms with Gasteiger partial charge in [-0.3, -0.25) is 19.3 Å². The third-order valence-corrected chi connectivity index (χ3v) is 1.75. The number of rotatable bonds is 4. The summed E-state index contributed by atoms with van der Waals surface area (Å²) in [6.45, 7) is 5.41. The molecule has 5 heteroatoms. The van der Waals surface area contributed by atoms with E-state index in [-0.39, 0.29) is 18.2 Å². The zero-order chi connectivity index (χ0) is 12.0. The van der Waals surface area contributed by atoms with Crippen LogP contribution < -0.4 is 0 Å². The quantitative estimate of drug-likeness (QED) is 0.508. The average molecular weight is 215 g/mol. The van der Waals surface area contributed by atoms with Crippen molar-refractivity contribution in [2.45, 2.75) is 27.2 Å². The summed E-state index contributed by atoms with van der Waals surface area (Å²) < 4.78 is 4.36. The third-order valence-electron chi connectivity index (χ3n) is 1.75. The number of hydrogen-bond acceptors (Lipinski definition) is 4. The van der Waals surface area contributed by atoms with E-state index in [0.717, 1.165) is 4.90 Å². The zero-order valence-electron chi connectivity index (χ0n) is 9.57. The van der Waals surface area contributed by atoms with Gasteiger partial charge >= 0.3 is 5.97 Å². The Morgan fingerprint density at radius 1 is 1.27 bits per heavy atom. The standard InChI is InChI=1S/C10H17NO4/c1-7(2)6-11(8(3)12)9(13)5-10(14)15-4/h7H,5-6H2,1-4H3. The largest absolute Gasteiger partial charge is 0.469 e. The van der Waals surface area contributed by atoms with E-state index in [1.165, 1.54) is 14.0 Å². The minimum atomic E-state index is -0.630. The lowest BCUT2D eigenvalue weighted by Crippen LogP contribution is -2.39. The van der Waals surface area contributed by atoms with E-state index in [2.05, 4.69) is 4.74 Å². The zero-order valence-corrected chi connectivity index (χ0v) is 9.57. The lowest BCUT2D eigenvalue weighted by molar-refractivity contribution is -0.150. The molecule has 0 aromatic rings. The third kappa shape index (κ3) is 5.15. The fourth-order valence-corrected chi connectivity index (χ4v) is 1.06. The molecule has 0 N–H and O–H groups in total. The molecule has 86 valence electrons. The Kier molecular flexibility index (Phi) is 5.59. The van der Waals surface area contributed by atoms with Crippen LogP contribution in [0.4, 0.5) is 0 Å². The summed E-state index contributed by atoms with van der Waals surface area (Å²) in [7, 11) is 1.20. The minimum Gasteiger partial charge on any atom is -0.469 e. The van der Waals surface area contributed by atoms with Crippen molar-refractivity contribution in [3.05, 3.63) is 0 Å². The van der Waals surface area contributed by atoms with Crippen LogP contribution in [0.1, 0.15) is 27.2 Å². The second-order valence-corrected chi connectivity index (χ2v) is 3.67. The topological polar surface area (TPSA) is 63.7 Å². The highest BCUT2D eigenvalue weighted by molar-refractivity contribution is 6.02. The van der Waals surface area contributed by atoms with Crippen LogP contribution in [-0.4, -0.2) is 36.3 Å². The van der Waals surface area contributed by atoms with Gasteiger partial charge in [0, 0.05) is 13.5 Å². The molecule has 0 saturated heterocycles. The molecule has 0 rings (SSSR count). The van der Waals surface area contributed by atoms with Crippen molar-refractivity contribution in [3.8, 4) is 0 Å². The van der Waals surface area contributed by atoms with Crippen molar-refractivity contribution in [1.29, 1.82) is 0 Å². The van der Waals surface area contributed by atoms with Crippen LogP contribution in [0, 0.1) is 5.92 Å². The number of esters is 1. The van der Waals surface area contributed by atoms with E-state index in [9.17, 15) is 14.4 Å². The lowest BCUT2D eigenvalue weighted by atomic mass is 10.2. The lowest BCUT2D eigenvalue weighted by Gasteiger charge is -2.20. The van der Waals surface area contributed by atoms with E-state index in [1.54, 1.807) is 0 Å². The van der Waals surface area contributed by atoms with Crippen LogP contribution in [0.3, 0.4) is 0 Å². The Morgan fingerprint density at radius 2 is 1.80 bits per heavy atom. The van der Waals surface area contributed by atoms with Crippen LogP contribution in [-0.2, 0) is 19.1 Å². The van der Waals surface area contributed by atoms with Gasteiger partial charge in [-0.15, -0.1) is 0 Å². The number of methoxy groups -OCH3 is 1. The van der Waals surface area contributed by atoms with Crippen molar-refractivity contribution in [1.82, 2.24) is 4.90 Å². The second-order valence-electron chi connectivity index (χ2n) is 3.67. The monoisotopic (exact) mass is 215 g/mol. The molecule has 2 amide bonds. The summed E-state index contributed by atoms with van der Waals surface area (Å²) in [4.78, 5) is 34.6. The number of carbonyl (C=O) groups excluding carboxylic acids is 3. The normalized spacial score (nSPS) is 9.93. The number of nitrogens with zero attached hydrogens (tertiary/aromatic N) is 1. The van der Waals surface area contributed by atoms with Gasteiger partial charge in [-0.05, 0) is 5.92 Å². The van der Waals surface area contributed by atoms with Crippen molar-refractivity contribution >= 4 is 17.8 Å². The second kappa shape index (κ2) is 6.16. The molecule has 0 aliphatic rings. The summed E-state index contributed by atoms with van der Waals surface area (Å²) in [6.07, 6.45) is -0.386. The number of hydrogen-bond donors (Lipinski definition) is 0. The van der Waals surface area contributed by atoms with Gasteiger partial charge in [0.1, 0.15) is 6.42 Å². The van der Waals surface area contributed by atoms with E-state index < -0.39 is 11.9 Å². The Morgan fingerprint density at radius 3 is 2.13 bits per heavy atom. The Labute approximate surface area is 89.4 Å². The molecule has 0 atom stereocenters. The molecule has 0 bridgehead atoms. The summed E-state index contributed by atoms with van der Waals surface area (Å²) in [5, 5.41) is 0. The first-order valence-electron chi connectivity index (χ1n) is 4.76. The number of imide groups is 1. The molecule has 0 radical (unpaired) electrons. The summed E-state index contributed by atoms with van der Waals surface area (Å²) >= 11 is 0. The van der Waals surface area contributed by atoms with Gasteiger partial charge in [0.25, 0.3) is 0 Å². The van der Waals surface area contributed by atoms with E-state index in [1.807, 2.05) is 13.8 Å². The van der Waals surface area contributed by atoms with E-state index >= 15 is 0 Å². The number of ether oxygens (including phenoxy) is 1. The maximum absolute atomic E-state index is 11.5. The maximum atomic E-state index is 11.5. The summed E-state index contributed by atoms with van der Waals surface area (Å²) in [6, 6.07) is 0. The van der Waals surface area contributed by atoms with Crippen LogP contribution >= 0.6 is 0 Å². The molecule has 0 aromatic carbocycles. The van der Waals surface area contributed by atoms with Gasteiger partial charge in [-0.2, -0.15) is 0 Å². The predicted molar refractivity (Wildman–Crippen MR) is 53.9 cm³/mol. The maximum Gasteiger partial charge on any atom is 0.315 e. The van der Waals surface area contributed by atoms with Crippen LogP contribution in [0.15, 0.2) is 0 Å². The first-order valence-corrected chi connectivity index (χ1v) is 4.76. The smallest absolute Gasteiger partial charge is 0.315 e. The minimum absolute atomic E-state index is 0.176. The molecule has 0 fully saturated rings. The molecule has 0 aliphatic carbocycles. The van der Waals surface area contributed by atoms with E-state index in [4.69, 9.17) is 0 Å². The fourth-order valence-electron chi connectivity index (χ4n) is 1.06. The molecule has 0 heterocycles. The van der Waals surface area contributed by atoms with Gasteiger partial charge in [-0.1, -0.05) is 13.8 Å². The van der Waals surface area contributed by atoms with Crippen molar-refractivity contribution in [3.63, 3.8) is 0 Å². The van der Waals surface area contributed by atoms with Crippen molar-refractivity contribution in [2.24, 2.45) is 5.92 Å². The van der Waals surface area contributed by atoms with Crippen molar-refractivity contribution in [2.75, 3.05) is 13.7 Å². The fraction of sp³-hybridized carbons (Fsp3) is 0.700. The van der Waals surface area contributed by atoms with Gasteiger partial charge in [0.15, 0.2) is 0 Å².